The van der Waals surface area contributed by atoms with Crippen molar-refractivity contribution in [1.29, 1.82) is 0 Å². The van der Waals surface area contributed by atoms with E-state index in [1.165, 1.54) is 6.07 Å². The largest absolute Gasteiger partial charge is 0.491 e. The maximum Gasteiger partial charge on any atom is 0.148 e. The summed E-state index contributed by atoms with van der Waals surface area (Å²) < 4.78 is 21.6. The number of nitrogens with zero attached hydrogens (tertiary/aromatic N) is 3. The number of rotatable bonds is 5. The minimum Gasteiger partial charge on any atom is -0.491 e. The van der Waals surface area contributed by atoms with Crippen LogP contribution in [0.4, 0.5) is 4.39 Å². The second-order valence-corrected chi connectivity index (χ2v) is 6.50. The van der Waals surface area contributed by atoms with Gasteiger partial charge in [0.1, 0.15) is 17.3 Å². The number of hydrogen-bond donors (Lipinski definition) is 1. The fraction of sp³-hybridized carbons (Fsp3) is 0.300. The first-order chi connectivity index (χ1) is 12.8. The lowest BCUT2D eigenvalue weighted by Crippen LogP contribution is -2.30. The van der Waals surface area contributed by atoms with E-state index in [2.05, 4.69) is 15.4 Å². The highest BCUT2D eigenvalue weighted by Gasteiger charge is 2.16. The predicted molar refractivity (Wildman–Crippen MR) is 97.8 cm³/mol. The second-order valence-electron chi connectivity index (χ2n) is 6.50. The Balaban J connectivity index is 1.55. The lowest BCUT2D eigenvalue weighted by Gasteiger charge is -2.23. The molecule has 5 nitrogen and oxygen atoms in total. The average Bonchev–Trinajstić information content (AvgIpc) is 3.17. The van der Waals surface area contributed by atoms with Gasteiger partial charge in [-0.15, -0.1) is 0 Å². The quantitative estimate of drug-likeness (QED) is 0.764. The van der Waals surface area contributed by atoms with Crippen molar-refractivity contribution in [1.82, 2.24) is 20.1 Å². The standard InChI is InChI=1S/C20H21FN4O/c21-18-3-1-2-4-19(18)25-13-16(11-24-25)17-7-10-23-12-20(17)26-14-15-5-8-22-9-6-15/h1-4,7,10-13,15,22H,5-6,8-9,14H2. The molecule has 0 saturated carbocycles. The highest BCUT2D eigenvalue weighted by atomic mass is 19.1. The molecule has 3 aromatic rings. The Hall–Kier alpha value is -2.73. The maximum absolute atomic E-state index is 14.0. The summed E-state index contributed by atoms with van der Waals surface area (Å²) in [4.78, 5) is 4.19. The number of para-hydroxylation sites is 1. The van der Waals surface area contributed by atoms with Crippen molar-refractivity contribution in [3.8, 4) is 22.6 Å². The van der Waals surface area contributed by atoms with Crippen LogP contribution in [-0.2, 0) is 0 Å². The Labute approximate surface area is 151 Å². The summed E-state index contributed by atoms with van der Waals surface area (Å²) in [5.41, 5.74) is 2.21. The molecule has 1 aliphatic heterocycles. The number of halogens is 1. The summed E-state index contributed by atoms with van der Waals surface area (Å²) in [5.74, 6) is 0.990. The highest BCUT2D eigenvalue weighted by molar-refractivity contribution is 5.68. The van der Waals surface area contributed by atoms with E-state index in [9.17, 15) is 4.39 Å². The van der Waals surface area contributed by atoms with Crippen molar-refractivity contribution in [2.45, 2.75) is 12.8 Å². The third kappa shape index (κ3) is 3.60. The molecule has 6 heteroatoms. The summed E-state index contributed by atoms with van der Waals surface area (Å²) in [6.45, 7) is 2.77. The number of hydrogen-bond acceptors (Lipinski definition) is 4. The molecule has 1 aliphatic rings. The molecule has 1 aromatic carbocycles. The lowest BCUT2D eigenvalue weighted by molar-refractivity contribution is 0.215. The van der Waals surface area contributed by atoms with E-state index >= 15 is 0 Å². The topological polar surface area (TPSA) is 52.0 Å². The number of benzene rings is 1. The van der Waals surface area contributed by atoms with E-state index in [0.29, 0.717) is 18.2 Å². The van der Waals surface area contributed by atoms with Crippen LogP contribution in [0.1, 0.15) is 12.8 Å². The van der Waals surface area contributed by atoms with Crippen molar-refractivity contribution in [2.24, 2.45) is 5.92 Å². The molecule has 0 radical (unpaired) electrons. The molecule has 0 bridgehead atoms. The van der Waals surface area contributed by atoms with Gasteiger partial charge in [0.25, 0.3) is 0 Å². The zero-order valence-electron chi connectivity index (χ0n) is 14.4. The van der Waals surface area contributed by atoms with E-state index < -0.39 is 0 Å². The minimum atomic E-state index is -0.306. The van der Waals surface area contributed by atoms with Gasteiger partial charge in [0.05, 0.1) is 19.0 Å². The van der Waals surface area contributed by atoms with E-state index in [0.717, 1.165) is 42.8 Å². The van der Waals surface area contributed by atoms with E-state index in [1.807, 2.05) is 12.3 Å². The Morgan fingerprint density at radius 2 is 2.00 bits per heavy atom. The van der Waals surface area contributed by atoms with Crippen molar-refractivity contribution in [2.75, 3.05) is 19.7 Å². The van der Waals surface area contributed by atoms with E-state index in [-0.39, 0.29) is 5.82 Å². The Morgan fingerprint density at radius 3 is 2.85 bits per heavy atom. The number of ether oxygens (including phenoxy) is 1. The van der Waals surface area contributed by atoms with Crippen molar-refractivity contribution in [3.05, 3.63) is 60.9 Å². The van der Waals surface area contributed by atoms with Crippen molar-refractivity contribution >= 4 is 0 Å². The maximum atomic E-state index is 14.0. The molecule has 134 valence electrons. The van der Waals surface area contributed by atoms with Crippen LogP contribution in [0.2, 0.25) is 0 Å². The molecule has 26 heavy (non-hydrogen) atoms. The molecule has 1 N–H and O–H groups in total. The molecule has 1 fully saturated rings. The number of nitrogens with one attached hydrogen (secondary N) is 1. The van der Waals surface area contributed by atoms with Gasteiger partial charge in [0.2, 0.25) is 0 Å². The van der Waals surface area contributed by atoms with Crippen LogP contribution in [0.15, 0.2) is 55.1 Å². The Bertz CT molecular complexity index is 874. The summed E-state index contributed by atoms with van der Waals surface area (Å²) in [7, 11) is 0. The molecule has 0 aliphatic carbocycles. The average molecular weight is 352 g/mol. The molecular weight excluding hydrogens is 331 g/mol. The molecule has 4 rings (SSSR count). The SMILES string of the molecule is Fc1ccccc1-n1cc(-c2ccncc2OCC2CCNCC2)cn1. The summed E-state index contributed by atoms with van der Waals surface area (Å²) >= 11 is 0. The zero-order valence-corrected chi connectivity index (χ0v) is 14.4. The fourth-order valence-corrected chi connectivity index (χ4v) is 3.22. The fourth-order valence-electron chi connectivity index (χ4n) is 3.22. The first kappa shape index (κ1) is 16.7. The molecule has 0 spiro atoms. The summed E-state index contributed by atoms with van der Waals surface area (Å²) in [5, 5.41) is 7.67. The lowest BCUT2D eigenvalue weighted by atomic mass is 9.99. The van der Waals surface area contributed by atoms with Gasteiger partial charge in [0.15, 0.2) is 0 Å². The van der Waals surface area contributed by atoms with Gasteiger partial charge in [-0.1, -0.05) is 12.1 Å². The monoisotopic (exact) mass is 352 g/mol. The summed E-state index contributed by atoms with van der Waals surface area (Å²) in [6, 6.07) is 8.49. The van der Waals surface area contributed by atoms with Crippen LogP contribution in [0, 0.1) is 11.7 Å². The van der Waals surface area contributed by atoms with Gasteiger partial charge in [-0.2, -0.15) is 5.10 Å². The second kappa shape index (κ2) is 7.66. The van der Waals surface area contributed by atoms with Crippen LogP contribution in [0.25, 0.3) is 16.8 Å². The van der Waals surface area contributed by atoms with Crippen molar-refractivity contribution in [3.63, 3.8) is 0 Å². The Kier molecular flexibility index (Phi) is 4.93. The van der Waals surface area contributed by atoms with Gasteiger partial charge in [-0.05, 0) is 50.0 Å². The molecule has 3 heterocycles. The van der Waals surface area contributed by atoms with E-state index in [1.54, 1.807) is 41.5 Å². The van der Waals surface area contributed by atoms with Gasteiger partial charge in [-0.25, -0.2) is 9.07 Å². The number of aromatic nitrogens is 3. The molecule has 1 saturated heterocycles. The van der Waals surface area contributed by atoms with Crippen LogP contribution in [-0.4, -0.2) is 34.5 Å². The van der Waals surface area contributed by atoms with Gasteiger partial charge >= 0.3 is 0 Å². The van der Waals surface area contributed by atoms with Crippen molar-refractivity contribution < 1.29 is 9.13 Å². The van der Waals surface area contributed by atoms with Gasteiger partial charge < -0.3 is 10.1 Å². The first-order valence-corrected chi connectivity index (χ1v) is 8.89. The smallest absolute Gasteiger partial charge is 0.148 e. The molecular formula is C20H21FN4O. The summed E-state index contributed by atoms with van der Waals surface area (Å²) in [6.07, 6.45) is 9.25. The Morgan fingerprint density at radius 1 is 1.15 bits per heavy atom. The minimum absolute atomic E-state index is 0.306. The molecule has 2 aromatic heterocycles. The predicted octanol–water partition coefficient (Wildman–Crippen LogP) is 3.45. The zero-order chi connectivity index (χ0) is 17.8. The molecule has 0 amide bonds. The van der Waals surface area contributed by atoms with Crippen LogP contribution < -0.4 is 10.1 Å². The number of piperidine rings is 1. The van der Waals surface area contributed by atoms with Crippen LogP contribution in [0.3, 0.4) is 0 Å². The number of pyridine rings is 1. The third-order valence-electron chi connectivity index (χ3n) is 4.71. The highest BCUT2D eigenvalue weighted by Crippen LogP contribution is 2.30. The van der Waals surface area contributed by atoms with E-state index in [4.69, 9.17) is 4.74 Å². The van der Waals surface area contributed by atoms with Gasteiger partial charge in [-0.3, -0.25) is 4.98 Å². The normalized spacial score (nSPS) is 15.1. The van der Waals surface area contributed by atoms with Crippen LogP contribution in [0.5, 0.6) is 5.75 Å². The van der Waals surface area contributed by atoms with Crippen LogP contribution >= 0.6 is 0 Å². The third-order valence-corrected chi connectivity index (χ3v) is 4.71. The van der Waals surface area contributed by atoms with Gasteiger partial charge in [0, 0.05) is 23.5 Å². The molecule has 0 unspecified atom stereocenters. The first-order valence-electron chi connectivity index (χ1n) is 8.89. The molecule has 0 atom stereocenters.